The van der Waals surface area contributed by atoms with E-state index in [0.717, 1.165) is 0 Å². The van der Waals surface area contributed by atoms with Crippen molar-refractivity contribution in [2.24, 2.45) is 0 Å². The van der Waals surface area contributed by atoms with Gasteiger partial charge >= 0.3 is 76.3 Å². The van der Waals surface area contributed by atoms with Crippen molar-refractivity contribution in [3.63, 3.8) is 0 Å². The molecule has 0 saturated heterocycles. The van der Waals surface area contributed by atoms with Crippen LogP contribution in [0.25, 0.3) is 0 Å². The molecule has 0 fully saturated rings. The van der Waals surface area contributed by atoms with E-state index in [0.29, 0.717) is 0 Å². The maximum Gasteiger partial charge on any atom is 1.00 e. The maximum absolute atomic E-state index is 9.15. The molecule has 0 saturated carbocycles. The molecule has 0 aliphatic carbocycles. The van der Waals surface area contributed by atoms with Crippen LogP contribution in [0.1, 0.15) is 0 Å². The first-order valence-corrected chi connectivity index (χ1v) is 7.21. The van der Waals surface area contributed by atoms with Gasteiger partial charge in [0.25, 0.3) is 0 Å². The third kappa shape index (κ3) is 38.1. The molecule has 0 spiro atoms. The van der Waals surface area contributed by atoms with Gasteiger partial charge in [0.1, 0.15) is 0 Å². The first-order chi connectivity index (χ1) is 2.00. The molecule has 0 aromatic rings. The minimum absolute atomic E-state index is 0. The molecule has 0 aromatic heterocycles. The van der Waals surface area contributed by atoms with Gasteiger partial charge in [0.2, 0.25) is 0 Å². The van der Waals surface area contributed by atoms with Crippen molar-refractivity contribution in [2.45, 2.75) is 0 Å². The molecule has 0 atom stereocenters. The summed E-state index contributed by atoms with van der Waals surface area (Å²) in [7, 11) is 0. The number of hydrogen-bond donors (Lipinski definition) is 0. The quantitative estimate of drug-likeness (QED) is 0.333. The summed E-state index contributed by atoms with van der Waals surface area (Å²) in [6.07, 6.45) is 0. The fraction of sp³-hybridized carbons (Fsp3) is 0. The minimum atomic E-state index is -3.75. The van der Waals surface area contributed by atoms with E-state index < -0.39 is 33.7 Å². The number of hydrogen-bond acceptors (Lipinski definition) is 3. The second kappa shape index (κ2) is 3.90. The Morgan fingerprint density at radius 1 is 1.50 bits per heavy atom. The molecular weight excluding hydrogens is 341 g/mol. The van der Waals surface area contributed by atoms with Gasteiger partial charge in [-0.15, -0.1) is 0 Å². The van der Waals surface area contributed by atoms with Crippen LogP contribution in [0.4, 0.5) is 0 Å². The summed E-state index contributed by atoms with van der Waals surface area (Å²) in [5, 5.41) is 0. The summed E-state index contributed by atoms with van der Waals surface area (Å²) in [6.45, 7) is 0. The van der Waals surface area contributed by atoms with Gasteiger partial charge in [-0.3, -0.25) is 0 Å². The Bertz CT molecular complexity index is 94.0. The van der Waals surface area contributed by atoms with E-state index in [9.17, 15) is 0 Å². The van der Waals surface area contributed by atoms with Crippen molar-refractivity contribution < 1.29 is 70.3 Å². The normalized spacial score (nSPS) is 9.83. The van der Waals surface area contributed by atoms with Crippen molar-refractivity contribution >= 4 is 5.94 Å². The monoisotopic (exact) mass is 341 g/mol. The van der Waals surface area contributed by atoms with Crippen LogP contribution in [0.3, 0.4) is 0 Å². The zero-order valence-electron chi connectivity index (χ0n) is 3.13. The summed E-state index contributed by atoms with van der Waals surface area (Å²) < 4.78 is 27.5. The number of rotatable bonds is 0. The topological polar surface area (TPSA) is 57.2 Å². The van der Waals surface area contributed by atoms with Crippen LogP contribution < -0.4 is 29.6 Å². The maximum atomic E-state index is 9.15. The van der Waals surface area contributed by atoms with Gasteiger partial charge in [-0.25, -0.2) is 0 Å². The average molecular weight is 341 g/mol. The Balaban J connectivity index is 0. The Hall–Kier alpha value is 1.96. The van der Waals surface area contributed by atoms with Crippen LogP contribution in [-0.2, 0) is 5.94 Å². The van der Waals surface area contributed by atoms with E-state index in [1.807, 2.05) is 0 Å². The Morgan fingerprint density at radius 3 is 1.50 bits per heavy atom. The van der Waals surface area contributed by atoms with E-state index in [4.69, 9.17) is 13.0 Å². The van der Waals surface area contributed by atoms with E-state index in [1.54, 1.807) is 0 Å². The van der Waals surface area contributed by atoms with Crippen LogP contribution in [0, 0.1) is 27.8 Å². The van der Waals surface area contributed by atoms with Crippen LogP contribution in [-0.4, -0.2) is 13.0 Å². The van der Waals surface area contributed by atoms with E-state index in [1.165, 1.54) is 0 Å². The average Bonchev–Trinajstić information content (AvgIpc) is 0.722. The van der Waals surface area contributed by atoms with Crippen molar-refractivity contribution in [2.75, 3.05) is 0 Å². The molecule has 3 nitrogen and oxygen atoms in total. The third-order valence-corrected chi connectivity index (χ3v) is 0. The first-order valence-electron chi connectivity index (χ1n) is 0.704. The summed E-state index contributed by atoms with van der Waals surface area (Å²) in [5.41, 5.74) is 0. The second-order valence-electron chi connectivity index (χ2n) is 0.454. The van der Waals surface area contributed by atoms with Crippen LogP contribution in [0.5, 0.6) is 0 Å². The molecule has 0 unspecified atom stereocenters. The SMILES string of the molecule is O=[S](=O)([O-])[U].[Na+]. The first kappa shape index (κ1) is 10.9. The van der Waals surface area contributed by atoms with Crippen molar-refractivity contribution in [3.05, 3.63) is 0 Å². The third-order valence-electron chi connectivity index (χ3n) is 0. The van der Waals surface area contributed by atoms with Gasteiger partial charge in [-0.1, -0.05) is 0 Å². The zero-order valence-corrected chi connectivity index (χ0v) is 10.1. The molecular formula is NaO3SU. The standard InChI is InChI=1S/Na.O3S.U/c;1-4(2)3;/q+1;-1;. The zero-order chi connectivity index (χ0) is 4.50. The van der Waals surface area contributed by atoms with Gasteiger partial charge in [0.05, 0.1) is 0 Å². The molecule has 0 aliphatic rings. The molecule has 29 valence electrons. The fourth-order valence-corrected chi connectivity index (χ4v) is 0. The predicted molar refractivity (Wildman–Crippen MR) is 9.70 cm³/mol. The van der Waals surface area contributed by atoms with Crippen molar-refractivity contribution in [1.82, 2.24) is 0 Å². The summed E-state index contributed by atoms with van der Waals surface area (Å²) >= 11 is -0.462. The predicted octanol–water partition coefficient (Wildman–Crippen LogP) is -4.00. The van der Waals surface area contributed by atoms with Crippen molar-refractivity contribution in [3.8, 4) is 0 Å². The van der Waals surface area contributed by atoms with E-state index in [2.05, 4.69) is 0 Å². The van der Waals surface area contributed by atoms with Crippen LogP contribution in [0.15, 0.2) is 0 Å². The van der Waals surface area contributed by atoms with Gasteiger partial charge in [-0.2, -0.15) is 0 Å². The molecule has 6 heteroatoms. The summed E-state index contributed by atoms with van der Waals surface area (Å²) in [4.78, 5) is 0. The largest absolute Gasteiger partial charge is 1.00 e. The molecule has 0 aliphatic heterocycles. The van der Waals surface area contributed by atoms with E-state index >= 15 is 0 Å². The molecule has 0 aromatic carbocycles. The molecule has 6 heavy (non-hydrogen) atoms. The Kier molecular flexibility index (Phi) is 7.06. The van der Waals surface area contributed by atoms with Gasteiger partial charge < -0.3 is 0 Å². The summed E-state index contributed by atoms with van der Waals surface area (Å²) in [6, 6.07) is 0. The Morgan fingerprint density at radius 2 is 1.50 bits per heavy atom. The molecule has 0 heterocycles. The minimum Gasteiger partial charge on any atom is 1.00 e. The molecule has 0 bridgehead atoms. The smallest absolute Gasteiger partial charge is 1.00 e. The van der Waals surface area contributed by atoms with Crippen molar-refractivity contribution in [1.29, 1.82) is 0 Å². The van der Waals surface area contributed by atoms with Crippen LogP contribution >= 0.6 is 0 Å². The second-order valence-corrected chi connectivity index (χ2v) is 7.61. The van der Waals surface area contributed by atoms with Crippen LogP contribution in [0.2, 0.25) is 0 Å². The van der Waals surface area contributed by atoms with Gasteiger partial charge in [0.15, 0.2) is 0 Å². The molecule has 0 N–H and O–H groups in total. The molecule has 0 radical (unpaired) electrons. The fourth-order valence-electron chi connectivity index (χ4n) is 0. The summed E-state index contributed by atoms with van der Waals surface area (Å²) in [5.74, 6) is -3.75. The molecule has 0 amide bonds. The van der Waals surface area contributed by atoms with E-state index in [-0.39, 0.29) is 29.6 Å². The van der Waals surface area contributed by atoms with Gasteiger partial charge in [-0.05, 0) is 0 Å². The molecule has 0 rings (SSSR count). The Labute approximate surface area is 75.0 Å². The van der Waals surface area contributed by atoms with Gasteiger partial charge in [0, 0.05) is 0 Å².